The number of aryl methyl sites for hydroxylation is 3. The number of hydrogen-bond donors (Lipinski definition) is 1. The maximum atomic E-state index is 4.54. The smallest absolute Gasteiger partial charge is 0.0531 e. The molecule has 0 saturated heterocycles. The lowest BCUT2D eigenvalue weighted by Crippen LogP contribution is -2.11. The van der Waals surface area contributed by atoms with E-state index in [1.54, 1.807) is 6.20 Å². The van der Waals surface area contributed by atoms with E-state index >= 15 is 0 Å². The maximum Gasteiger partial charge on any atom is 0.0531 e. The van der Waals surface area contributed by atoms with Crippen molar-refractivity contribution in [2.24, 2.45) is 0 Å². The van der Waals surface area contributed by atoms with Crippen LogP contribution in [0, 0.1) is 20.8 Å². The highest BCUT2D eigenvalue weighted by Crippen LogP contribution is 2.24. The molecule has 2 aromatic heterocycles. The zero-order valence-corrected chi connectivity index (χ0v) is 11.4. The standard InChI is InChI=1S/C15H19N3/c1-10-8-11(2)17-12(3)15(10)13(4)18-14-6-5-7-16-9-14/h5-9,13,18H,1-4H3. The van der Waals surface area contributed by atoms with Gasteiger partial charge in [-0.25, -0.2) is 0 Å². The van der Waals surface area contributed by atoms with E-state index in [0.717, 1.165) is 17.1 Å². The Labute approximate surface area is 108 Å². The molecule has 0 fully saturated rings. The first-order valence-corrected chi connectivity index (χ1v) is 6.19. The Balaban J connectivity index is 2.27. The van der Waals surface area contributed by atoms with Crippen LogP contribution in [0.2, 0.25) is 0 Å². The molecule has 0 spiro atoms. The summed E-state index contributed by atoms with van der Waals surface area (Å²) in [6.07, 6.45) is 3.61. The van der Waals surface area contributed by atoms with Crippen LogP contribution in [-0.4, -0.2) is 9.97 Å². The zero-order valence-electron chi connectivity index (χ0n) is 11.4. The molecule has 0 amide bonds. The molecule has 1 atom stereocenters. The number of hydrogen-bond acceptors (Lipinski definition) is 3. The predicted molar refractivity (Wildman–Crippen MR) is 74.7 cm³/mol. The largest absolute Gasteiger partial charge is 0.377 e. The van der Waals surface area contributed by atoms with Gasteiger partial charge >= 0.3 is 0 Å². The highest BCUT2D eigenvalue weighted by Gasteiger charge is 2.12. The molecule has 0 saturated carbocycles. The fourth-order valence-corrected chi connectivity index (χ4v) is 2.46. The Kier molecular flexibility index (Phi) is 3.60. The van der Waals surface area contributed by atoms with Gasteiger partial charge in [-0.3, -0.25) is 9.97 Å². The van der Waals surface area contributed by atoms with Crippen molar-refractivity contribution < 1.29 is 0 Å². The van der Waals surface area contributed by atoms with Crippen LogP contribution in [0.15, 0.2) is 30.6 Å². The van der Waals surface area contributed by atoms with Gasteiger partial charge < -0.3 is 5.32 Å². The van der Waals surface area contributed by atoms with Gasteiger partial charge in [-0.1, -0.05) is 0 Å². The maximum absolute atomic E-state index is 4.54. The van der Waals surface area contributed by atoms with Crippen LogP contribution in [-0.2, 0) is 0 Å². The van der Waals surface area contributed by atoms with E-state index in [0.29, 0.717) is 0 Å². The molecular formula is C15H19N3. The average molecular weight is 241 g/mol. The zero-order chi connectivity index (χ0) is 13.1. The van der Waals surface area contributed by atoms with E-state index < -0.39 is 0 Å². The third-order valence-corrected chi connectivity index (χ3v) is 3.06. The highest BCUT2D eigenvalue weighted by molar-refractivity contribution is 5.45. The second-order valence-corrected chi connectivity index (χ2v) is 4.69. The van der Waals surface area contributed by atoms with Gasteiger partial charge in [0.1, 0.15) is 0 Å². The normalized spacial score (nSPS) is 12.2. The second kappa shape index (κ2) is 5.17. The monoisotopic (exact) mass is 241 g/mol. The summed E-state index contributed by atoms with van der Waals surface area (Å²) in [4.78, 5) is 8.65. The molecule has 0 aromatic carbocycles. The summed E-state index contributed by atoms with van der Waals surface area (Å²) in [7, 11) is 0. The van der Waals surface area contributed by atoms with Gasteiger partial charge in [0.2, 0.25) is 0 Å². The van der Waals surface area contributed by atoms with Crippen molar-refractivity contribution in [2.45, 2.75) is 33.7 Å². The summed E-state index contributed by atoms with van der Waals surface area (Å²) < 4.78 is 0. The van der Waals surface area contributed by atoms with Crippen LogP contribution in [0.5, 0.6) is 0 Å². The first kappa shape index (κ1) is 12.6. The van der Waals surface area contributed by atoms with Gasteiger partial charge in [0.05, 0.1) is 11.7 Å². The van der Waals surface area contributed by atoms with Gasteiger partial charge in [-0.05, 0) is 57.0 Å². The Hall–Kier alpha value is -1.90. The number of anilines is 1. The summed E-state index contributed by atoms with van der Waals surface area (Å²) >= 11 is 0. The molecule has 1 N–H and O–H groups in total. The van der Waals surface area contributed by atoms with E-state index in [2.05, 4.69) is 42.1 Å². The van der Waals surface area contributed by atoms with Crippen molar-refractivity contribution in [1.29, 1.82) is 0 Å². The summed E-state index contributed by atoms with van der Waals surface area (Å²) in [5, 5.41) is 3.46. The van der Waals surface area contributed by atoms with Crippen molar-refractivity contribution in [3.8, 4) is 0 Å². The van der Waals surface area contributed by atoms with Crippen molar-refractivity contribution in [3.05, 3.63) is 53.1 Å². The molecular weight excluding hydrogens is 222 g/mol. The van der Waals surface area contributed by atoms with E-state index in [4.69, 9.17) is 0 Å². The molecule has 2 rings (SSSR count). The first-order valence-electron chi connectivity index (χ1n) is 6.19. The fourth-order valence-electron chi connectivity index (χ4n) is 2.46. The molecule has 0 aliphatic carbocycles. The molecule has 0 aliphatic heterocycles. The average Bonchev–Trinajstić information content (AvgIpc) is 2.28. The molecule has 0 radical (unpaired) electrons. The molecule has 0 aliphatic rings. The van der Waals surface area contributed by atoms with Crippen molar-refractivity contribution >= 4 is 5.69 Å². The van der Waals surface area contributed by atoms with Gasteiger partial charge in [0.15, 0.2) is 0 Å². The van der Waals surface area contributed by atoms with Crippen LogP contribution in [0.1, 0.15) is 35.5 Å². The van der Waals surface area contributed by atoms with Crippen LogP contribution in [0.4, 0.5) is 5.69 Å². The van der Waals surface area contributed by atoms with Crippen LogP contribution < -0.4 is 5.32 Å². The minimum Gasteiger partial charge on any atom is -0.377 e. The lowest BCUT2D eigenvalue weighted by Gasteiger charge is -2.19. The molecule has 94 valence electrons. The van der Waals surface area contributed by atoms with Gasteiger partial charge in [-0.2, -0.15) is 0 Å². The summed E-state index contributed by atoms with van der Waals surface area (Å²) in [5.41, 5.74) is 5.75. The summed E-state index contributed by atoms with van der Waals surface area (Å²) in [6.45, 7) is 8.39. The van der Waals surface area contributed by atoms with Crippen LogP contribution in [0.3, 0.4) is 0 Å². The molecule has 2 aromatic rings. The number of nitrogens with zero attached hydrogens (tertiary/aromatic N) is 2. The van der Waals surface area contributed by atoms with Gasteiger partial charge in [0, 0.05) is 23.8 Å². The van der Waals surface area contributed by atoms with Crippen LogP contribution in [0.25, 0.3) is 0 Å². The Morgan fingerprint density at radius 3 is 2.61 bits per heavy atom. The Morgan fingerprint density at radius 2 is 2.00 bits per heavy atom. The molecule has 3 heteroatoms. The first-order chi connectivity index (χ1) is 8.58. The number of nitrogens with one attached hydrogen (secondary N) is 1. The minimum absolute atomic E-state index is 0.224. The summed E-state index contributed by atoms with van der Waals surface area (Å²) in [5.74, 6) is 0. The van der Waals surface area contributed by atoms with Crippen molar-refractivity contribution in [1.82, 2.24) is 9.97 Å². The highest BCUT2D eigenvalue weighted by atomic mass is 14.9. The lowest BCUT2D eigenvalue weighted by atomic mass is 10.0. The molecule has 1 unspecified atom stereocenters. The van der Waals surface area contributed by atoms with E-state index in [1.165, 1.54) is 11.1 Å². The van der Waals surface area contributed by atoms with E-state index in [-0.39, 0.29) is 6.04 Å². The Morgan fingerprint density at radius 1 is 1.22 bits per heavy atom. The molecule has 0 bridgehead atoms. The summed E-state index contributed by atoms with van der Waals surface area (Å²) in [6, 6.07) is 6.31. The quantitative estimate of drug-likeness (QED) is 0.892. The van der Waals surface area contributed by atoms with Crippen molar-refractivity contribution in [3.63, 3.8) is 0 Å². The molecule has 2 heterocycles. The van der Waals surface area contributed by atoms with Gasteiger partial charge in [-0.15, -0.1) is 0 Å². The number of pyridine rings is 2. The number of aromatic nitrogens is 2. The minimum atomic E-state index is 0.224. The molecule has 3 nitrogen and oxygen atoms in total. The van der Waals surface area contributed by atoms with Crippen LogP contribution >= 0.6 is 0 Å². The SMILES string of the molecule is Cc1cc(C)c(C(C)Nc2cccnc2)c(C)n1. The fraction of sp³-hybridized carbons (Fsp3) is 0.333. The predicted octanol–water partition coefficient (Wildman–Crippen LogP) is 3.57. The van der Waals surface area contributed by atoms with E-state index in [9.17, 15) is 0 Å². The number of rotatable bonds is 3. The third kappa shape index (κ3) is 2.67. The lowest BCUT2D eigenvalue weighted by molar-refractivity contribution is 0.842. The van der Waals surface area contributed by atoms with E-state index in [1.807, 2.05) is 25.3 Å². The topological polar surface area (TPSA) is 37.8 Å². The van der Waals surface area contributed by atoms with Crippen molar-refractivity contribution in [2.75, 3.05) is 5.32 Å². The second-order valence-electron chi connectivity index (χ2n) is 4.69. The third-order valence-electron chi connectivity index (χ3n) is 3.06. The Bertz CT molecular complexity index is 512. The molecule has 18 heavy (non-hydrogen) atoms. The van der Waals surface area contributed by atoms with Gasteiger partial charge in [0.25, 0.3) is 0 Å².